The summed E-state index contributed by atoms with van der Waals surface area (Å²) in [5, 5.41) is 80.4. The number of aromatic nitrogens is 7. The standard InChI is InChI=1S/C27H28F3N7O8S/c28-13-4-12(5-14(29)19(13)30)16-8-37(35-33-16)21-23(41)18(10-39)45-27(25(21)43)46-26-24(42)20(22(40)17(9-38)44-26)36-7-15(32-34-36)11-2-1-3-31-6-11/h1-8,17-18,20-27,38-43H,9-10H2/t17-,18?,20?,21?,22?,23+,24-,25+,26?,27+/m1/s1. The summed E-state index contributed by atoms with van der Waals surface area (Å²) in [6.45, 7) is -1.35. The van der Waals surface area contributed by atoms with Crippen LogP contribution in [-0.2, 0) is 9.47 Å². The van der Waals surface area contributed by atoms with Crippen molar-refractivity contribution in [3.8, 4) is 22.5 Å². The van der Waals surface area contributed by atoms with Gasteiger partial charge in [0, 0.05) is 23.5 Å². The Morgan fingerprint density at radius 2 is 1.24 bits per heavy atom. The van der Waals surface area contributed by atoms with Crippen LogP contribution in [0.25, 0.3) is 22.5 Å². The number of pyridine rings is 1. The lowest BCUT2D eigenvalue weighted by atomic mass is 9.97. The summed E-state index contributed by atoms with van der Waals surface area (Å²) in [7, 11) is 0. The molecule has 0 aliphatic carbocycles. The Morgan fingerprint density at radius 1 is 0.739 bits per heavy atom. The van der Waals surface area contributed by atoms with Gasteiger partial charge in [0.1, 0.15) is 71.0 Å². The number of thioether (sulfide) groups is 1. The van der Waals surface area contributed by atoms with Gasteiger partial charge in [0.05, 0.1) is 25.6 Å². The summed E-state index contributed by atoms with van der Waals surface area (Å²) in [6.07, 6.45) is -2.84. The van der Waals surface area contributed by atoms with Crippen molar-refractivity contribution in [3.05, 3.63) is 66.5 Å². The number of aliphatic hydroxyl groups is 6. The fourth-order valence-corrected chi connectivity index (χ4v) is 6.77. The van der Waals surface area contributed by atoms with Gasteiger partial charge in [0.25, 0.3) is 0 Å². The molecule has 3 aromatic heterocycles. The first-order chi connectivity index (χ1) is 22.1. The molecule has 19 heteroatoms. The highest BCUT2D eigenvalue weighted by Gasteiger charge is 2.51. The molecule has 0 spiro atoms. The van der Waals surface area contributed by atoms with Crippen molar-refractivity contribution in [3.63, 3.8) is 0 Å². The molecule has 10 atom stereocenters. The van der Waals surface area contributed by atoms with Crippen LogP contribution in [0.15, 0.2) is 49.1 Å². The number of hydrogen-bond acceptors (Lipinski definition) is 14. The van der Waals surface area contributed by atoms with Crippen LogP contribution in [0.3, 0.4) is 0 Å². The first kappa shape index (κ1) is 32.4. The van der Waals surface area contributed by atoms with E-state index < -0.39 is 90.2 Å². The maximum Gasteiger partial charge on any atom is 0.194 e. The average Bonchev–Trinajstić information content (AvgIpc) is 3.74. The third kappa shape index (κ3) is 6.00. The summed E-state index contributed by atoms with van der Waals surface area (Å²) in [6, 6.07) is 2.34. The number of ether oxygens (including phenoxy) is 2. The molecule has 46 heavy (non-hydrogen) atoms. The zero-order chi connectivity index (χ0) is 32.7. The van der Waals surface area contributed by atoms with Crippen molar-refractivity contribution in [1.82, 2.24) is 35.0 Å². The lowest BCUT2D eigenvalue weighted by Crippen LogP contribution is -2.58. The first-order valence-electron chi connectivity index (χ1n) is 13.9. The van der Waals surface area contributed by atoms with Gasteiger partial charge in [-0.25, -0.2) is 22.5 Å². The second kappa shape index (κ2) is 13.3. The number of rotatable bonds is 8. The molecule has 0 saturated carbocycles. The summed E-state index contributed by atoms with van der Waals surface area (Å²) < 4.78 is 54.9. The van der Waals surface area contributed by atoms with Crippen LogP contribution in [0.1, 0.15) is 12.1 Å². The van der Waals surface area contributed by atoms with Crippen LogP contribution in [0.4, 0.5) is 13.2 Å². The minimum atomic E-state index is -1.67. The smallest absolute Gasteiger partial charge is 0.194 e. The normalized spacial score (nSPS) is 31.7. The highest BCUT2D eigenvalue weighted by Crippen LogP contribution is 2.42. The molecule has 5 unspecified atom stereocenters. The predicted octanol–water partition coefficient (Wildman–Crippen LogP) is -0.591. The molecule has 2 aliphatic rings. The predicted molar refractivity (Wildman–Crippen MR) is 150 cm³/mol. The van der Waals surface area contributed by atoms with Crippen LogP contribution in [-0.4, -0.2) is 126 Å². The number of benzene rings is 1. The van der Waals surface area contributed by atoms with Crippen LogP contribution >= 0.6 is 11.8 Å². The Bertz CT molecular complexity index is 1630. The minimum Gasteiger partial charge on any atom is -0.394 e. The van der Waals surface area contributed by atoms with E-state index in [1.807, 2.05) is 0 Å². The van der Waals surface area contributed by atoms with E-state index in [1.165, 1.54) is 10.9 Å². The molecule has 0 bridgehead atoms. The number of aliphatic hydroxyl groups excluding tert-OH is 6. The van der Waals surface area contributed by atoms with Gasteiger partial charge in [-0.05, 0) is 24.3 Å². The maximum absolute atomic E-state index is 13.8. The first-order valence-corrected chi connectivity index (χ1v) is 14.8. The zero-order valence-electron chi connectivity index (χ0n) is 23.5. The third-order valence-electron chi connectivity index (χ3n) is 7.83. The average molecular weight is 668 g/mol. The Balaban J connectivity index is 1.25. The highest BCUT2D eigenvalue weighted by atomic mass is 32.2. The third-order valence-corrected chi connectivity index (χ3v) is 9.15. The van der Waals surface area contributed by atoms with Gasteiger partial charge in [-0.1, -0.05) is 22.2 Å². The van der Waals surface area contributed by atoms with E-state index in [4.69, 9.17) is 9.47 Å². The lowest BCUT2D eigenvalue weighted by Gasteiger charge is -2.46. The second-order valence-corrected chi connectivity index (χ2v) is 11.9. The molecule has 0 radical (unpaired) electrons. The van der Waals surface area contributed by atoms with Crippen LogP contribution < -0.4 is 0 Å². The molecular weight excluding hydrogens is 639 g/mol. The number of hydrogen-bond donors (Lipinski definition) is 6. The molecule has 6 rings (SSSR count). The van der Waals surface area contributed by atoms with E-state index in [9.17, 15) is 43.8 Å². The Morgan fingerprint density at radius 3 is 1.70 bits per heavy atom. The Hall–Kier alpha value is -3.53. The van der Waals surface area contributed by atoms with Gasteiger partial charge >= 0.3 is 0 Å². The van der Waals surface area contributed by atoms with E-state index in [2.05, 4.69) is 25.6 Å². The van der Waals surface area contributed by atoms with Crippen molar-refractivity contribution >= 4 is 11.8 Å². The van der Waals surface area contributed by atoms with Crippen molar-refractivity contribution in [2.75, 3.05) is 13.2 Å². The van der Waals surface area contributed by atoms with Gasteiger partial charge < -0.3 is 40.1 Å². The van der Waals surface area contributed by atoms with E-state index in [1.54, 1.807) is 24.5 Å². The fraction of sp³-hybridized carbons (Fsp3) is 0.444. The van der Waals surface area contributed by atoms with Gasteiger partial charge in [-0.2, -0.15) is 0 Å². The van der Waals surface area contributed by atoms with Crippen LogP contribution in [0.2, 0.25) is 0 Å². The van der Waals surface area contributed by atoms with Gasteiger partial charge in [0.2, 0.25) is 0 Å². The molecule has 246 valence electrons. The summed E-state index contributed by atoms with van der Waals surface area (Å²) in [5.74, 6) is -4.58. The van der Waals surface area contributed by atoms with E-state index in [0.717, 1.165) is 22.6 Å². The highest BCUT2D eigenvalue weighted by molar-refractivity contribution is 8.00. The topological polar surface area (TPSA) is 214 Å². The molecule has 15 nitrogen and oxygen atoms in total. The SMILES string of the molecule is OCC1O[C@@H](SC2O[C@H](CO)C(O)C(n3cc(-c4cccnc4)nn3)[C@H]2O)[C@@H](O)C(n2cc(-c3cc(F)c(F)c(F)c3)nn2)[C@H]1O. The number of nitrogens with zero attached hydrogens (tertiary/aromatic N) is 7. The summed E-state index contributed by atoms with van der Waals surface area (Å²) in [4.78, 5) is 4.04. The molecular formula is C27H28F3N7O8S. The van der Waals surface area contributed by atoms with E-state index in [-0.39, 0.29) is 11.3 Å². The molecule has 1 aromatic carbocycles. The van der Waals surface area contributed by atoms with Crippen molar-refractivity contribution in [1.29, 1.82) is 0 Å². The zero-order valence-corrected chi connectivity index (χ0v) is 24.3. The lowest BCUT2D eigenvalue weighted by molar-refractivity contribution is -0.189. The Labute approximate surface area is 261 Å². The van der Waals surface area contributed by atoms with Gasteiger partial charge in [-0.3, -0.25) is 4.98 Å². The molecule has 6 N–H and O–H groups in total. The molecule has 4 aromatic rings. The van der Waals surface area contributed by atoms with Crippen molar-refractivity contribution in [2.24, 2.45) is 0 Å². The fourth-order valence-electron chi connectivity index (χ4n) is 5.44. The molecule has 2 saturated heterocycles. The van der Waals surface area contributed by atoms with Crippen LogP contribution in [0, 0.1) is 17.5 Å². The van der Waals surface area contributed by atoms with Crippen LogP contribution in [0.5, 0.6) is 0 Å². The summed E-state index contributed by atoms with van der Waals surface area (Å²) in [5.41, 5.74) is -1.82. The molecule has 0 amide bonds. The number of halogens is 3. The maximum atomic E-state index is 13.8. The minimum absolute atomic E-state index is 0.111. The van der Waals surface area contributed by atoms with Gasteiger partial charge in [0.15, 0.2) is 17.5 Å². The Kier molecular flexibility index (Phi) is 9.37. The van der Waals surface area contributed by atoms with E-state index in [0.29, 0.717) is 23.4 Å². The summed E-state index contributed by atoms with van der Waals surface area (Å²) >= 11 is 0.746. The quantitative estimate of drug-likeness (QED) is 0.130. The second-order valence-electron chi connectivity index (χ2n) is 10.7. The largest absolute Gasteiger partial charge is 0.394 e. The van der Waals surface area contributed by atoms with E-state index >= 15 is 0 Å². The molecule has 2 fully saturated rings. The van der Waals surface area contributed by atoms with Crippen molar-refractivity contribution < 1.29 is 53.3 Å². The molecule has 2 aliphatic heterocycles. The monoisotopic (exact) mass is 667 g/mol. The van der Waals surface area contributed by atoms with Gasteiger partial charge in [-0.15, -0.1) is 10.2 Å². The van der Waals surface area contributed by atoms with Crippen molar-refractivity contribution in [2.45, 2.75) is 59.6 Å². The molecule has 5 heterocycles.